The molecule has 2 aromatic carbocycles. The van der Waals surface area contributed by atoms with Crippen molar-refractivity contribution in [2.75, 3.05) is 13.1 Å². The van der Waals surface area contributed by atoms with Crippen LogP contribution in [0.4, 0.5) is 0 Å². The summed E-state index contributed by atoms with van der Waals surface area (Å²) in [5.41, 5.74) is 3.75. The molecule has 0 spiro atoms. The van der Waals surface area contributed by atoms with E-state index in [4.69, 9.17) is 0 Å². The van der Waals surface area contributed by atoms with E-state index >= 15 is 0 Å². The molecule has 1 amide bonds. The summed E-state index contributed by atoms with van der Waals surface area (Å²) in [6.07, 6.45) is 5.25. The molecule has 29 heavy (non-hydrogen) atoms. The summed E-state index contributed by atoms with van der Waals surface area (Å²) in [6.45, 7) is 1.63. The van der Waals surface area contributed by atoms with Gasteiger partial charge in [0.15, 0.2) is 0 Å². The average molecular weight is 409 g/mol. The number of aromatic nitrogens is 2. The highest BCUT2D eigenvalue weighted by Crippen LogP contribution is 2.24. The fourth-order valence-electron chi connectivity index (χ4n) is 4.42. The number of nitrogens with one attached hydrogen (secondary N) is 1. The molecule has 2 aliphatic rings. The molecule has 3 heterocycles. The zero-order valence-corrected chi connectivity index (χ0v) is 17.0. The maximum Gasteiger partial charge on any atom is 0.253 e. The minimum Gasteiger partial charge on any atom is -0.337 e. The molecule has 2 aliphatic heterocycles. The van der Waals surface area contributed by atoms with Crippen molar-refractivity contribution in [3.05, 3.63) is 72.4 Å². The van der Waals surface area contributed by atoms with E-state index < -0.39 is 0 Å². The first-order valence-corrected chi connectivity index (χ1v) is 10.0. The lowest BCUT2D eigenvalue weighted by atomic mass is 10.1. The van der Waals surface area contributed by atoms with Crippen molar-refractivity contribution in [1.82, 2.24) is 20.0 Å². The Morgan fingerprint density at radius 1 is 0.966 bits per heavy atom. The van der Waals surface area contributed by atoms with Crippen LogP contribution >= 0.6 is 12.4 Å². The van der Waals surface area contributed by atoms with Crippen molar-refractivity contribution < 1.29 is 4.79 Å². The van der Waals surface area contributed by atoms with Gasteiger partial charge in [0.25, 0.3) is 5.91 Å². The predicted molar refractivity (Wildman–Crippen MR) is 117 cm³/mol. The van der Waals surface area contributed by atoms with E-state index in [0.717, 1.165) is 42.0 Å². The summed E-state index contributed by atoms with van der Waals surface area (Å²) in [5, 5.41) is 8.14. The molecule has 2 saturated heterocycles. The van der Waals surface area contributed by atoms with Gasteiger partial charge in [-0.1, -0.05) is 36.4 Å². The Hall–Kier alpha value is -2.63. The van der Waals surface area contributed by atoms with Gasteiger partial charge < -0.3 is 10.2 Å². The van der Waals surface area contributed by atoms with Crippen LogP contribution in [0.25, 0.3) is 16.9 Å². The molecule has 0 aliphatic carbocycles. The average Bonchev–Trinajstić information content (AvgIpc) is 3.35. The molecule has 2 bridgehead atoms. The highest BCUT2D eigenvalue weighted by Gasteiger charge is 2.31. The van der Waals surface area contributed by atoms with Crippen LogP contribution in [0.1, 0.15) is 29.6 Å². The Morgan fingerprint density at radius 2 is 1.79 bits per heavy atom. The lowest BCUT2D eigenvalue weighted by molar-refractivity contribution is 0.0748. The van der Waals surface area contributed by atoms with Crippen LogP contribution in [0.2, 0.25) is 0 Å². The molecule has 2 atom stereocenters. The zero-order chi connectivity index (χ0) is 18.9. The first-order chi connectivity index (χ1) is 13.8. The van der Waals surface area contributed by atoms with Gasteiger partial charge in [0.1, 0.15) is 0 Å². The first-order valence-electron chi connectivity index (χ1n) is 10.0. The van der Waals surface area contributed by atoms with Crippen LogP contribution in [-0.4, -0.2) is 45.8 Å². The molecule has 6 heteroatoms. The number of fused-ring (bicyclic) bond motifs is 2. The third-order valence-corrected chi connectivity index (χ3v) is 5.86. The van der Waals surface area contributed by atoms with Crippen LogP contribution in [0.15, 0.2) is 66.9 Å². The number of rotatable bonds is 3. The molecule has 0 saturated carbocycles. The van der Waals surface area contributed by atoms with E-state index in [1.54, 1.807) is 6.20 Å². The van der Waals surface area contributed by atoms with Gasteiger partial charge in [0.05, 0.1) is 17.6 Å². The van der Waals surface area contributed by atoms with Gasteiger partial charge in [-0.05, 0) is 43.5 Å². The second kappa shape index (κ2) is 8.39. The second-order valence-electron chi connectivity index (χ2n) is 7.72. The quantitative estimate of drug-likeness (QED) is 0.714. The van der Waals surface area contributed by atoms with Crippen molar-refractivity contribution in [2.24, 2.45) is 0 Å². The maximum atomic E-state index is 13.2. The summed E-state index contributed by atoms with van der Waals surface area (Å²) in [6, 6.07) is 21.0. The number of likely N-dealkylation sites (tertiary alicyclic amines) is 1. The highest BCUT2D eigenvalue weighted by molar-refractivity contribution is 5.95. The van der Waals surface area contributed by atoms with Crippen molar-refractivity contribution in [1.29, 1.82) is 0 Å². The van der Waals surface area contributed by atoms with Crippen molar-refractivity contribution >= 4 is 18.3 Å². The largest absolute Gasteiger partial charge is 0.337 e. The van der Waals surface area contributed by atoms with Crippen LogP contribution in [-0.2, 0) is 0 Å². The van der Waals surface area contributed by atoms with Gasteiger partial charge in [-0.25, -0.2) is 4.68 Å². The number of carbonyl (C=O) groups excluding carboxylic acids is 1. The van der Waals surface area contributed by atoms with Gasteiger partial charge in [-0.3, -0.25) is 4.79 Å². The number of hydrogen-bond donors (Lipinski definition) is 1. The van der Waals surface area contributed by atoms with E-state index in [1.807, 2.05) is 58.1 Å². The van der Waals surface area contributed by atoms with E-state index in [2.05, 4.69) is 22.5 Å². The molecule has 1 aromatic heterocycles. The number of carbonyl (C=O) groups is 1. The number of hydrogen-bond acceptors (Lipinski definition) is 3. The summed E-state index contributed by atoms with van der Waals surface area (Å²) in [5.74, 6) is 0.115. The lowest BCUT2D eigenvalue weighted by Crippen LogP contribution is -2.39. The summed E-state index contributed by atoms with van der Waals surface area (Å²) in [7, 11) is 0. The summed E-state index contributed by atoms with van der Waals surface area (Å²) in [4.78, 5) is 15.2. The Balaban J connectivity index is 0.00000205. The monoisotopic (exact) mass is 408 g/mol. The van der Waals surface area contributed by atoms with E-state index in [1.165, 1.54) is 12.8 Å². The molecule has 5 rings (SSSR count). The Labute approximate surface area is 177 Å². The third kappa shape index (κ3) is 3.93. The van der Waals surface area contributed by atoms with Gasteiger partial charge in [-0.15, -0.1) is 12.4 Å². The van der Waals surface area contributed by atoms with Gasteiger partial charge in [0.2, 0.25) is 0 Å². The summed E-state index contributed by atoms with van der Waals surface area (Å²) >= 11 is 0. The zero-order valence-electron chi connectivity index (χ0n) is 16.2. The smallest absolute Gasteiger partial charge is 0.253 e. The SMILES string of the molecule is Cl.O=C(c1cccc(-n2nccc2-c2ccccc2)c1)N1CCC2CCC(C1)N2. The molecule has 2 fully saturated rings. The molecule has 5 nitrogen and oxygen atoms in total. The fraction of sp³-hybridized carbons (Fsp3) is 0.304. The van der Waals surface area contributed by atoms with E-state index in [0.29, 0.717) is 12.1 Å². The lowest BCUT2D eigenvalue weighted by Gasteiger charge is -2.24. The molecule has 3 aromatic rings. The first kappa shape index (κ1) is 19.7. The number of benzene rings is 2. The topological polar surface area (TPSA) is 50.2 Å². The third-order valence-electron chi connectivity index (χ3n) is 5.86. The minimum absolute atomic E-state index is 0. The molecule has 150 valence electrons. The number of halogens is 1. The van der Waals surface area contributed by atoms with Gasteiger partial charge in [0, 0.05) is 36.3 Å². The fourth-order valence-corrected chi connectivity index (χ4v) is 4.42. The summed E-state index contributed by atoms with van der Waals surface area (Å²) < 4.78 is 1.90. The van der Waals surface area contributed by atoms with E-state index in [9.17, 15) is 4.79 Å². The number of amides is 1. The van der Waals surface area contributed by atoms with Crippen LogP contribution in [0, 0.1) is 0 Å². The van der Waals surface area contributed by atoms with Crippen molar-refractivity contribution in [2.45, 2.75) is 31.3 Å². The standard InChI is InChI=1S/C23H24N4O.ClH/c28-23(26-14-12-19-9-10-20(16-26)25-19)18-7-4-8-21(15-18)27-22(11-13-24-27)17-5-2-1-3-6-17;/h1-8,11,13,15,19-20,25H,9-10,12,14,16H2;1H. The van der Waals surface area contributed by atoms with Crippen LogP contribution < -0.4 is 5.32 Å². The number of nitrogens with zero attached hydrogens (tertiary/aromatic N) is 3. The second-order valence-corrected chi connectivity index (χ2v) is 7.72. The van der Waals surface area contributed by atoms with Crippen molar-refractivity contribution in [3.8, 4) is 16.9 Å². The Kier molecular flexibility index (Phi) is 5.69. The van der Waals surface area contributed by atoms with E-state index in [-0.39, 0.29) is 18.3 Å². The minimum atomic E-state index is 0. The molecule has 0 radical (unpaired) electrons. The van der Waals surface area contributed by atoms with Gasteiger partial charge in [-0.2, -0.15) is 5.10 Å². The van der Waals surface area contributed by atoms with Crippen LogP contribution in [0.3, 0.4) is 0 Å². The molecule has 1 N–H and O–H groups in total. The Bertz CT molecular complexity index is 987. The Morgan fingerprint density at radius 3 is 2.66 bits per heavy atom. The highest BCUT2D eigenvalue weighted by atomic mass is 35.5. The van der Waals surface area contributed by atoms with Crippen molar-refractivity contribution in [3.63, 3.8) is 0 Å². The van der Waals surface area contributed by atoms with Crippen LogP contribution in [0.5, 0.6) is 0 Å². The molecular formula is C23H25ClN4O. The van der Waals surface area contributed by atoms with Gasteiger partial charge >= 0.3 is 0 Å². The predicted octanol–water partition coefficient (Wildman–Crippen LogP) is 3.93. The maximum absolute atomic E-state index is 13.2. The normalized spacial score (nSPS) is 20.8. The molecule has 2 unspecified atom stereocenters. The molecular weight excluding hydrogens is 384 g/mol.